The van der Waals surface area contributed by atoms with Gasteiger partial charge in [0.2, 0.25) is 0 Å². The number of carbonyl (C=O) groups is 5. The molecule has 2 heterocycles. The Morgan fingerprint density at radius 2 is 1.20 bits per heavy atom. The summed E-state index contributed by atoms with van der Waals surface area (Å²) in [5, 5.41) is 28.3. The van der Waals surface area contributed by atoms with Crippen LogP contribution in [-0.2, 0) is 64.1 Å². The minimum absolute atomic E-state index is 0.231. The standard InChI is InChI=1S/C16H27N7O4.C12H21N3O3.C10H18O5/c1-13(24)26-10-6-9-23-12-14(19-21-23)11-22(8-5-7-18-20-17)15(25)27-16(2,3)4;1-11(17)18-9-5-7-15-10-12(13-14-15)6-3-2-4-8-16;1-9(2,3)14-7(11)13-8(12)15-10(4,5)6/h12H,5-11H2,1-4H3;10,16H,2-9H2,1H3;1-6H3. The van der Waals surface area contributed by atoms with Crippen LogP contribution in [0, 0.1) is 0 Å². The Bertz CT molecular complexity index is 1590. The van der Waals surface area contributed by atoms with E-state index in [4.69, 9.17) is 34.3 Å². The highest BCUT2D eigenvalue weighted by molar-refractivity contribution is 5.77. The van der Waals surface area contributed by atoms with E-state index in [0.717, 1.165) is 37.8 Å². The monoisotopic (exact) mass is 854 g/mol. The zero-order valence-electron chi connectivity index (χ0n) is 37.2. The fourth-order valence-electron chi connectivity index (χ4n) is 4.31. The molecule has 0 saturated carbocycles. The minimum Gasteiger partial charge on any atom is -0.466 e. The molecular formula is C38H66N10O12. The lowest BCUT2D eigenvalue weighted by atomic mass is 10.2. The second kappa shape index (κ2) is 28.8. The molecule has 0 aliphatic carbocycles. The number of aryl methyl sites for hydroxylation is 3. The topological polar surface area (TPSA) is 274 Å². The minimum atomic E-state index is -1.06. The lowest BCUT2D eigenvalue weighted by Gasteiger charge is -2.26. The molecule has 1 amide bonds. The van der Waals surface area contributed by atoms with Crippen molar-refractivity contribution in [1.29, 1.82) is 0 Å². The van der Waals surface area contributed by atoms with Gasteiger partial charge in [-0.1, -0.05) is 22.0 Å². The second-order valence-electron chi connectivity index (χ2n) is 16.1. The van der Waals surface area contributed by atoms with Crippen LogP contribution in [0.15, 0.2) is 17.5 Å². The smallest absolute Gasteiger partial charge is 0.466 e. The van der Waals surface area contributed by atoms with Gasteiger partial charge < -0.3 is 38.4 Å². The number of hydrogen-bond donors (Lipinski definition) is 1. The lowest BCUT2D eigenvalue weighted by Crippen LogP contribution is -2.37. The Hall–Kier alpha value is -5.50. The van der Waals surface area contributed by atoms with E-state index in [0.29, 0.717) is 57.9 Å². The highest BCUT2D eigenvalue weighted by Gasteiger charge is 2.25. The fraction of sp³-hybridized carbons (Fsp3) is 0.763. The summed E-state index contributed by atoms with van der Waals surface area (Å²) in [5.74, 6) is -0.568. The highest BCUT2D eigenvalue weighted by atomic mass is 16.8. The van der Waals surface area contributed by atoms with Crippen molar-refractivity contribution in [3.05, 3.63) is 34.2 Å². The van der Waals surface area contributed by atoms with Crippen LogP contribution in [0.25, 0.3) is 10.4 Å². The Morgan fingerprint density at radius 1 is 0.717 bits per heavy atom. The predicted octanol–water partition coefficient (Wildman–Crippen LogP) is 6.48. The van der Waals surface area contributed by atoms with Crippen molar-refractivity contribution < 1.29 is 57.5 Å². The summed E-state index contributed by atoms with van der Waals surface area (Å²) in [6, 6.07) is 0. The maximum absolute atomic E-state index is 12.4. The van der Waals surface area contributed by atoms with E-state index in [1.165, 1.54) is 18.7 Å². The van der Waals surface area contributed by atoms with Gasteiger partial charge in [-0.25, -0.2) is 14.4 Å². The van der Waals surface area contributed by atoms with E-state index in [1.54, 1.807) is 77.9 Å². The number of rotatable bonds is 19. The van der Waals surface area contributed by atoms with Gasteiger partial charge in [0.05, 0.1) is 31.6 Å². The van der Waals surface area contributed by atoms with Gasteiger partial charge in [0.25, 0.3) is 0 Å². The van der Waals surface area contributed by atoms with Gasteiger partial charge in [0, 0.05) is 70.6 Å². The third kappa shape index (κ3) is 32.5. The zero-order valence-corrected chi connectivity index (χ0v) is 37.2. The summed E-state index contributed by atoms with van der Waals surface area (Å²) in [7, 11) is 0. The number of ether oxygens (including phenoxy) is 6. The van der Waals surface area contributed by atoms with Crippen molar-refractivity contribution in [2.45, 2.75) is 158 Å². The Morgan fingerprint density at radius 3 is 1.65 bits per heavy atom. The molecule has 0 aliphatic rings. The van der Waals surface area contributed by atoms with Gasteiger partial charge >= 0.3 is 30.3 Å². The van der Waals surface area contributed by atoms with Crippen LogP contribution in [-0.4, -0.2) is 120 Å². The molecule has 0 aliphatic heterocycles. The summed E-state index contributed by atoms with van der Waals surface area (Å²) in [6.07, 6.45) is 6.71. The van der Waals surface area contributed by atoms with E-state index in [-0.39, 0.29) is 25.1 Å². The van der Waals surface area contributed by atoms with Crippen molar-refractivity contribution in [3.63, 3.8) is 0 Å². The van der Waals surface area contributed by atoms with Crippen LogP contribution in [0.2, 0.25) is 0 Å². The van der Waals surface area contributed by atoms with Crippen molar-refractivity contribution in [1.82, 2.24) is 34.9 Å². The molecule has 340 valence electrons. The first-order chi connectivity index (χ1) is 27.9. The average Bonchev–Trinajstić information content (AvgIpc) is 3.75. The molecule has 60 heavy (non-hydrogen) atoms. The maximum Gasteiger partial charge on any atom is 0.519 e. The molecular weight excluding hydrogens is 788 g/mol. The lowest BCUT2D eigenvalue weighted by molar-refractivity contribution is -0.142. The van der Waals surface area contributed by atoms with Crippen molar-refractivity contribution in [3.8, 4) is 0 Å². The summed E-state index contributed by atoms with van der Waals surface area (Å²) in [6.45, 7) is 21.3. The third-order valence-electron chi connectivity index (χ3n) is 6.64. The molecule has 0 unspecified atom stereocenters. The van der Waals surface area contributed by atoms with Crippen LogP contribution < -0.4 is 0 Å². The van der Waals surface area contributed by atoms with E-state index < -0.39 is 35.2 Å². The number of esters is 2. The molecule has 0 aromatic carbocycles. The van der Waals surface area contributed by atoms with Crippen molar-refractivity contribution >= 4 is 30.3 Å². The fourth-order valence-corrected chi connectivity index (χ4v) is 4.31. The Balaban J connectivity index is 0.000000919. The second-order valence-corrected chi connectivity index (χ2v) is 16.1. The number of amides is 1. The van der Waals surface area contributed by atoms with Gasteiger partial charge in [-0.15, -0.1) is 10.2 Å². The molecule has 0 spiro atoms. The number of carbonyl (C=O) groups excluding carboxylic acids is 5. The summed E-state index contributed by atoms with van der Waals surface area (Å²) in [5.41, 5.74) is 7.93. The molecule has 22 nitrogen and oxygen atoms in total. The number of aliphatic hydroxyl groups is 1. The zero-order chi connectivity index (χ0) is 45.8. The molecule has 2 aromatic heterocycles. The van der Waals surface area contributed by atoms with Gasteiger partial charge in [-0.2, -0.15) is 0 Å². The average molecular weight is 855 g/mol. The number of azide groups is 1. The molecule has 0 radical (unpaired) electrons. The van der Waals surface area contributed by atoms with Crippen molar-refractivity contribution in [2.75, 3.05) is 32.9 Å². The van der Waals surface area contributed by atoms with Gasteiger partial charge in [-0.05, 0) is 93.5 Å². The number of aliphatic hydroxyl groups excluding tert-OH is 1. The maximum atomic E-state index is 12.4. The third-order valence-corrected chi connectivity index (χ3v) is 6.64. The SMILES string of the molecule is CC(=O)OCCCn1cc(CCCCCO)nn1.CC(=O)OCCCn1cc(CN(CCCN=[N+]=[N-])C(=O)OC(C)(C)C)nn1.CC(C)(C)OC(=O)OC(=O)OC(C)(C)C. The van der Waals surface area contributed by atoms with Gasteiger partial charge in [0.1, 0.15) is 22.5 Å². The van der Waals surface area contributed by atoms with E-state index in [9.17, 15) is 24.0 Å². The molecule has 2 aromatic rings. The van der Waals surface area contributed by atoms with Crippen LogP contribution >= 0.6 is 0 Å². The number of hydrogen-bond acceptors (Lipinski definition) is 17. The van der Waals surface area contributed by atoms with Crippen LogP contribution in [0.1, 0.15) is 126 Å². The molecule has 1 N–H and O–H groups in total. The van der Waals surface area contributed by atoms with E-state index >= 15 is 0 Å². The first-order valence-corrected chi connectivity index (χ1v) is 19.7. The highest BCUT2D eigenvalue weighted by Crippen LogP contribution is 2.14. The van der Waals surface area contributed by atoms with Gasteiger partial charge in [-0.3, -0.25) is 19.0 Å². The molecule has 0 bridgehead atoms. The largest absolute Gasteiger partial charge is 0.519 e. The normalized spacial score (nSPS) is 11.0. The number of unbranched alkanes of at least 4 members (excludes halogenated alkanes) is 2. The summed E-state index contributed by atoms with van der Waals surface area (Å²) in [4.78, 5) is 59.9. The molecule has 22 heteroatoms. The van der Waals surface area contributed by atoms with Crippen LogP contribution in [0.3, 0.4) is 0 Å². The first kappa shape index (κ1) is 54.5. The molecule has 0 saturated heterocycles. The van der Waals surface area contributed by atoms with Gasteiger partial charge in [0.15, 0.2) is 0 Å². The van der Waals surface area contributed by atoms with Crippen LogP contribution in [0.5, 0.6) is 0 Å². The molecule has 0 atom stereocenters. The summed E-state index contributed by atoms with van der Waals surface area (Å²) >= 11 is 0. The quantitative estimate of drug-likeness (QED) is 0.0301. The summed E-state index contributed by atoms with van der Waals surface area (Å²) < 4.78 is 32.3. The molecule has 2 rings (SSSR count). The van der Waals surface area contributed by atoms with E-state index in [2.05, 4.69) is 35.4 Å². The Labute approximate surface area is 352 Å². The predicted molar refractivity (Wildman–Crippen MR) is 216 cm³/mol. The first-order valence-electron chi connectivity index (χ1n) is 19.7. The van der Waals surface area contributed by atoms with Crippen LogP contribution in [0.4, 0.5) is 14.4 Å². The Kier molecular flexibility index (Phi) is 26.2. The number of aromatic nitrogens is 6. The molecule has 0 fully saturated rings. The number of nitrogens with zero attached hydrogens (tertiary/aromatic N) is 10. The van der Waals surface area contributed by atoms with Crippen molar-refractivity contribution in [2.24, 2.45) is 5.11 Å². The van der Waals surface area contributed by atoms with E-state index in [1.807, 2.05) is 6.20 Å².